The molecule has 0 fully saturated rings. The van der Waals surface area contributed by atoms with Gasteiger partial charge in [-0.2, -0.15) is 0 Å². The minimum atomic E-state index is -0.365. The van der Waals surface area contributed by atoms with Crippen molar-refractivity contribution in [2.75, 3.05) is 0 Å². The normalized spacial score (nSPS) is 11.7. The standard InChI is InChI=1S/C17H18N2O/c20-17(9-1-5-15-7-3-11-18-13-15)10-2-6-16-8-4-12-19-14-16/h1-8,11-14,17,20H,9-10H2/b5-1+,6-2+. The van der Waals surface area contributed by atoms with Gasteiger partial charge >= 0.3 is 0 Å². The Morgan fingerprint density at radius 2 is 1.40 bits per heavy atom. The lowest BCUT2D eigenvalue weighted by Gasteiger charge is -2.03. The molecule has 1 N–H and O–H groups in total. The van der Waals surface area contributed by atoms with Crippen molar-refractivity contribution in [2.24, 2.45) is 0 Å². The minimum absolute atomic E-state index is 0.365. The van der Waals surface area contributed by atoms with E-state index in [1.807, 2.05) is 48.6 Å². The van der Waals surface area contributed by atoms with Crippen LogP contribution < -0.4 is 0 Å². The van der Waals surface area contributed by atoms with E-state index in [2.05, 4.69) is 9.97 Å². The van der Waals surface area contributed by atoms with Crippen molar-refractivity contribution in [3.63, 3.8) is 0 Å². The zero-order valence-corrected chi connectivity index (χ0v) is 11.3. The van der Waals surface area contributed by atoms with Gasteiger partial charge in [0, 0.05) is 24.8 Å². The lowest BCUT2D eigenvalue weighted by molar-refractivity contribution is 0.182. The van der Waals surface area contributed by atoms with E-state index in [9.17, 15) is 5.11 Å². The van der Waals surface area contributed by atoms with Gasteiger partial charge in [0.25, 0.3) is 0 Å². The highest BCUT2D eigenvalue weighted by molar-refractivity contribution is 5.48. The highest BCUT2D eigenvalue weighted by Crippen LogP contribution is 2.06. The van der Waals surface area contributed by atoms with Crippen LogP contribution in [0.2, 0.25) is 0 Å². The van der Waals surface area contributed by atoms with Crippen LogP contribution in [0.4, 0.5) is 0 Å². The predicted molar refractivity (Wildman–Crippen MR) is 81.8 cm³/mol. The highest BCUT2D eigenvalue weighted by Gasteiger charge is 1.98. The van der Waals surface area contributed by atoms with Crippen LogP contribution in [0.3, 0.4) is 0 Å². The third kappa shape index (κ3) is 5.16. The lowest BCUT2D eigenvalue weighted by Crippen LogP contribution is -2.02. The average molecular weight is 266 g/mol. The molecule has 20 heavy (non-hydrogen) atoms. The van der Waals surface area contributed by atoms with Gasteiger partial charge < -0.3 is 5.11 Å². The van der Waals surface area contributed by atoms with Crippen LogP contribution in [0.5, 0.6) is 0 Å². The summed E-state index contributed by atoms with van der Waals surface area (Å²) in [6.45, 7) is 0. The molecule has 0 radical (unpaired) electrons. The van der Waals surface area contributed by atoms with Crippen molar-refractivity contribution in [1.29, 1.82) is 0 Å². The van der Waals surface area contributed by atoms with Crippen molar-refractivity contribution >= 4 is 12.2 Å². The van der Waals surface area contributed by atoms with Gasteiger partial charge in [-0.1, -0.05) is 36.4 Å². The number of aliphatic hydroxyl groups is 1. The number of hydrogen-bond acceptors (Lipinski definition) is 3. The molecule has 0 aliphatic rings. The molecular formula is C17H18N2O. The zero-order valence-electron chi connectivity index (χ0n) is 11.3. The van der Waals surface area contributed by atoms with Crippen LogP contribution in [0.25, 0.3) is 12.2 Å². The summed E-state index contributed by atoms with van der Waals surface area (Å²) in [6.07, 6.45) is 15.9. The number of nitrogens with zero attached hydrogens (tertiary/aromatic N) is 2. The van der Waals surface area contributed by atoms with Crippen LogP contribution >= 0.6 is 0 Å². The van der Waals surface area contributed by atoms with Gasteiger partial charge in [-0.05, 0) is 36.1 Å². The first kappa shape index (κ1) is 14.2. The molecular weight excluding hydrogens is 248 g/mol. The Morgan fingerprint density at radius 1 is 0.900 bits per heavy atom. The van der Waals surface area contributed by atoms with E-state index in [0.717, 1.165) is 11.1 Å². The maximum atomic E-state index is 9.87. The summed E-state index contributed by atoms with van der Waals surface area (Å²) in [7, 11) is 0. The van der Waals surface area contributed by atoms with E-state index >= 15 is 0 Å². The van der Waals surface area contributed by atoms with Crippen molar-refractivity contribution < 1.29 is 5.11 Å². The number of hydrogen-bond donors (Lipinski definition) is 1. The smallest absolute Gasteiger partial charge is 0.0609 e. The summed E-state index contributed by atoms with van der Waals surface area (Å²) in [5, 5.41) is 9.87. The van der Waals surface area contributed by atoms with Crippen LogP contribution in [0.1, 0.15) is 24.0 Å². The monoisotopic (exact) mass is 266 g/mol. The first-order valence-corrected chi connectivity index (χ1v) is 6.66. The molecule has 3 nitrogen and oxygen atoms in total. The molecule has 0 bridgehead atoms. The second-order valence-electron chi connectivity index (χ2n) is 4.50. The summed E-state index contributed by atoms with van der Waals surface area (Å²) in [5.74, 6) is 0. The summed E-state index contributed by atoms with van der Waals surface area (Å²) < 4.78 is 0. The summed E-state index contributed by atoms with van der Waals surface area (Å²) in [4.78, 5) is 8.07. The molecule has 0 atom stereocenters. The molecule has 0 saturated carbocycles. The molecule has 0 amide bonds. The summed E-state index contributed by atoms with van der Waals surface area (Å²) in [5.41, 5.74) is 2.09. The molecule has 2 aromatic rings. The van der Waals surface area contributed by atoms with E-state index in [0.29, 0.717) is 12.8 Å². The third-order valence-electron chi connectivity index (χ3n) is 2.81. The summed E-state index contributed by atoms with van der Waals surface area (Å²) >= 11 is 0. The van der Waals surface area contributed by atoms with Gasteiger partial charge in [0.05, 0.1) is 6.10 Å². The molecule has 0 aliphatic carbocycles. The maximum absolute atomic E-state index is 9.87. The van der Waals surface area contributed by atoms with E-state index in [1.54, 1.807) is 24.8 Å². The van der Waals surface area contributed by atoms with E-state index < -0.39 is 0 Å². The Kier molecular flexibility index (Phi) is 5.68. The molecule has 2 heterocycles. The molecule has 3 heteroatoms. The van der Waals surface area contributed by atoms with Crippen LogP contribution in [-0.2, 0) is 0 Å². The number of rotatable bonds is 6. The zero-order chi connectivity index (χ0) is 14.0. The van der Waals surface area contributed by atoms with Crippen LogP contribution in [0, 0.1) is 0 Å². The average Bonchev–Trinajstić information content (AvgIpc) is 2.49. The van der Waals surface area contributed by atoms with Gasteiger partial charge in [-0.3, -0.25) is 9.97 Å². The molecule has 0 aromatic carbocycles. The van der Waals surface area contributed by atoms with Gasteiger partial charge in [0.1, 0.15) is 0 Å². The molecule has 102 valence electrons. The topological polar surface area (TPSA) is 46.0 Å². The van der Waals surface area contributed by atoms with Crippen LogP contribution in [0.15, 0.2) is 61.2 Å². The number of aliphatic hydroxyl groups excluding tert-OH is 1. The van der Waals surface area contributed by atoms with E-state index in [4.69, 9.17) is 0 Å². The Labute approximate surface area is 119 Å². The van der Waals surface area contributed by atoms with Gasteiger partial charge in [0.2, 0.25) is 0 Å². The molecule has 0 spiro atoms. The van der Waals surface area contributed by atoms with Gasteiger partial charge in [-0.25, -0.2) is 0 Å². The minimum Gasteiger partial charge on any atom is -0.392 e. The number of aromatic nitrogens is 2. The fraction of sp³-hybridized carbons (Fsp3) is 0.176. The Morgan fingerprint density at radius 3 is 1.80 bits per heavy atom. The predicted octanol–water partition coefficient (Wildman–Crippen LogP) is 3.34. The van der Waals surface area contributed by atoms with Gasteiger partial charge in [0.15, 0.2) is 0 Å². The third-order valence-corrected chi connectivity index (χ3v) is 2.81. The molecule has 0 saturated heterocycles. The fourth-order valence-electron chi connectivity index (χ4n) is 1.77. The fourth-order valence-corrected chi connectivity index (χ4v) is 1.77. The first-order chi connectivity index (χ1) is 9.84. The quantitative estimate of drug-likeness (QED) is 0.872. The molecule has 2 rings (SSSR count). The van der Waals surface area contributed by atoms with Crippen molar-refractivity contribution in [1.82, 2.24) is 9.97 Å². The maximum Gasteiger partial charge on any atom is 0.0609 e. The van der Waals surface area contributed by atoms with Crippen molar-refractivity contribution in [3.8, 4) is 0 Å². The Balaban J connectivity index is 1.74. The Bertz CT molecular complexity index is 498. The molecule has 0 unspecified atom stereocenters. The van der Waals surface area contributed by atoms with Gasteiger partial charge in [-0.15, -0.1) is 0 Å². The number of pyridine rings is 2. The second-order valence-corrected chi connectivity index (χ2v) is 4.50. The van der Waals surface area contributed by atoms with Crippen molar-refractivity contribution in [2.45, 2.75) is 18.9 Å². The van der Waals surface area contributed by atoms with E-state index in [1.165, 1.54) is 0 Å². The SMILES string of the molecule is OC(C/C=C/c1cccnc1)C/C=C/c1cccnc1. The van der Waals surface area contributed by atoms with E-state index in [-0.39, 0.29) is 6.10 Å². The largest absolute Gasteiger partial charge is 0.392 e. The molecule has 2 aromatic heterocycles. The van der Waals surface area contributed by atoms with Crippen molar-refractivity contribution in [3.05, 3.63) is 72.3 Å². The summed E-state index contributed by atoms with van der Waals surface area (Å²) in [6, 6.07) is 7.76. The lowest BCUT2D eigenvalue weighted by atomic mass is 10.1. The Hall–Kier alpha value is -2.26. The highest BCUT2D eigenvalue weighted by atomic mass is 16.3. The first-order valence-electron chi connectivity index (χ1n) is 6.66. The second kappa shape index (κ2) is 8.02. The molecule has 0 aliphatic heterocycles. The van der Waals surface area contributed by atoms with Crippen LogP contribution in [-0.4, -0.2) is 21.2 Å².